The maximum atomic E-state index is 12.1. The Morgan fingerprint density at radius 1 is 1.32 bits per heavy atom. The zero-order valence-corrected chi connectivity index (χ0v) is 12.3. The highest BCUT2D eigenvalue weighted by Gasteiger charge is 2.16. The van der Waals surface area contributed by atoms with E-state index in [0.717, 1.165) is 4.90 Å². The van der Waals surface area contributed by atoms with E-state index in [1.165, 1.54) is 6.20 Å². The zero-order chi connectivity index (χ0) is 13.9. The Balaban J connectivity index is 2.20. The molecule has 5 nitrogen and oxygen atoms in total. The highest BCUT2D eigenvalue weighted by molar-refractivity contribution is 7.98. The van der Waals surface area contributed by atoms with Crippen LogP contribution < -0.4 is 4.72 Å². The van der Waals surface area contributed by atoms with Crippen LogP contribution in [-0.2, 0) is 16.4 Å². The minimum Gasteiger partial charge on any atom is -0.332 e. The van der Waals surface area contributed by atoms with Gasteiger partial charge in [0.25, 0.3) is 10.0 Å². The fraction of sp³-hybridized carbons (Fsp3) is 0.250. The van der Waals surface area contributed by atoms with Crippen LogP contribution in [0.5, 0.6) is 0 Å². The topological polar surface area (TPSA) is 74.8 Å². The Hall–Kier alpha value is -1.47. The summed E-state index contributed by atoms with van der Waals surface area (Å²) in [5.74, 6) is 0.651. The van der Waals surface area contributed by atoms with Crippen molar-refractivity contribution in [2.24, 2.45) is 0 Å². The van der Waals surface area contributed by atoms with Crippen molar-refractivity contribution < 1.29 is 8.42 Å². The van der Waals surface area contributed by atoms with Crippen molar-refractivity contribution in [1.82, 2.24) is 9.97 Å². The van der Waals surface area contributed by atoms with Gasteiger partial charge in [0, 0.05) is 17.0 Å². The van der Waals surface area contributed by atoms with Gasteiger partial charge in [0.15, 0.2) is 5.03 Å². The van der Waals surface area contributed by atoms with E-state index in [1.54, 1.807) is 23.9 Å². The van der Waals surface area contributed by atoms with Gasteiger partial charge in [-0.05, 0) is 30.5 Å². The molecule has 0 aliphatic carbocycles. The maximum absolute atomic E-state index is 12.1. The van der Waals surface area contributed by atoms with E-state index in [2.05, 4.69) is 14.7 Å². The van der Waals surface area contributed by atoms with Crippen molar-refractivity contribution in [3.05, 3.63) is 36.3 Å². The molecule has 7 heteroatoms. The summed E-state index contributed by atoms with van der Waals surface area (Å²) in [5.41, 5.74) is 0.533. The molecule has 19 heavy (non-hydrogen) atoms. The van der Waals surface area contributed by atoms with Gasteiger partial charge in [0.1, 0.15) is 5.82 Å². The molecule has 2 rings (SSSR count). The van der Waals surface area contributed by atoms with Crippen LogP contribution in [0.3, 0.4) is 0 Å². The summed E-state index contributed by atoms with van der Waals surface area (Å²) in [5, 5.41) is 0.0818. The van der Waals surface area contributed by atoms with Crippen LogP contribution in [0.15, 0.2) is 40.4 Å². The van der Waals surface area contributed by atoms with Crippen LogP contribution >= 0.6 is 11.8 Å². The van der Waals surface area contributed by atoms with Gasteiger partial charge in [-0.25, -0.2) is 4.98 Å². The van der Waals surface area contributed by atoms with E-state index < -0.39 is 10.0 Å². The maximum Gasteiger partial charge on any atom is 0.278 e. The Kier molecular flexibility index (Phi) is 4.16. The Morgan fingerprint density at radius 2 is 2.00 bits per heavy atom. The van der Waals surface area contributed by atoms with E-state index >= 15 is 0 Å². The number of aromatic nitrogens is 2. The first kappa shape index (κ1) is 14.0. The molecule has 2 N–H and O–H groups in total. The smallest absolute Gasteiger partial charge is 0.278 e. The lowest BCUT2D eigenvalue weighted by atomic mass is 10.3. The average molecular weight is 297 g/mol. The van der Waals surface area contributed by atoms with Gasteiger partial charge < -0.3 is 4.98 Å². The van der Waals surface area contributed by atoms with E-state index in [9.17, 15) is 8.42 Å². The SMILES string of the molecule is CCc1ncc(S(=O)(=O)Nc2ccc(SC)cc2)[nH]1. The van der Waals surface area contributed by atoms with Crippen molar-refractivity contribution in [1.29, 1.82) is 0 Å². The molecule has 0 unspecified atom stereocenters. The number of aryl methyl sites for hydroxylation is 1. The molecule has 0 radical (unpaired) electrons. The summed E-state index contributed by atoms with van der Waals surface area (Å²) in [6.07, 6.45) is 3.96. The fourth-order valence-corrected chi connectivity index (χ4v) is 2.94. The van der Waals surface area contributed by atoms with Gasteiger partial charge in [-0.1, -0.05) is 6.92 Å². The number of thioether (sulfide) groups is 1. The highest BCUT2D eigenvalue weighted by Crippen LogP contribution is 2.19. The number of nitrogens with one attached hydrogen (secondary N) is 2. The predicted octanol–water partition coefficient (Wildman–Crippen LogP) is 2.49. The van der Waals surface area contributed by atoms with E-state index in [-0.39, 0.29) is 5.03 Å². The molecule has 0 saturated carbocycles. The number of hydrogen-bond donors (Lipinski definition) is 2. The first-order valence-corrected chi connectivity index (χ1v) is 8.46. The second kappa shape index (κ2) is 5.66. The van der Waals surface area contributed by atoms with Gasteiger partial charge in [0.05, 0.1) is 6.20 Å². The van der Waals surface area contributed by atoms with Gasteiger partial charge in [-0.2, -0.15) is 8.42 Å². The number of imidazole rings is 1. The molecule has 1 aromatic heterocycles. The summed E-state index contributed by atoms with van der Waals surface area (Å²) in [6.45, 7) is 1.91. The largest absolute Gasteiger partial charge is 0.332 e. The number of H-pyrrole nitrogens is 1. The van der Waals surface area contributed by atoms with Gasteiger partial charge >= 0.3 is 0 Å². The number of sulfonamides is 1. The summed E-state index contributed by atoms with van der Waals surface area (Å²) < 4.78 is 26.7. The summed E-state index contributed by atoms with van der Waals surface area (Å²) >= 11 is 1.60. The molecule has 1 aromatic carbocycles. The van der Waals surface area contributed by atoms with Crippen LogP contribution in [0.2, 0.25) is 0 Å². The third-order valence-electron chi connectivity index (χ3n) is 2.57. The Morgan fingerprint density at radius 3 is 2.53 bits per heavy atom. The first-order chi connectivity index (χ1) is 9.05. The second-order valence-electron chi connectivity index (χ2n) is 3.88. The normalized spacial score (nSPS) is 11.5. The van der Waals surface area contributed by atoms with Crippen molar-refractivity contribution in [3.63, 3.8) is 0 Å². The lowest BCUT2D eigenvalue weighted by Crippen LogP contribution is -2.13. The Labute approximate surface area is 116 Å². The summed E-state index contributed by atoms with van der Waals surface area (Å²) in [7, 11) is -3.60. The molecule has 102 valence electrons. The van der Waals surface area contributed by atoms with E-state index in [1.807, 2.05) is 25.3 Å². The molecule has 0 spiro atoms. The number of hydrogen-bond acceptors (Lipinski definition) is 4. The van der Waals surface area contributed by atoms with E-state index in [4.69, 9.17) is 0 Å². The quantitative estimate of drug-likeness (QED) is 0.831. The number of aromatic amines is 1. The molecule has 0 amide bonds. The van der Waals surface area contributed by atoms with Crippen molar-refractivity contribution in [2.45, 2.75) is 23.3 Å². The molecule has 0 bridgehead atoms. The van der Waals surface area contributed by atoms with E-state index in [0.29, 0.717) is 17.9 Å². The second-order valence-corrected chi connectivity index (χ2v) is 6.41. The lowest BCUT2D eigenvalue weighted by molar-refractivity contribution is 0.598. The minimum atomic E-state index is -3.60. The average Bonchev–Trinajstić information content (AvgIpc) is 2.89. The van der Waals surface area contributed by atoms with Gasteiger partial charge in [-0.3, -0.25) is 4.72 Å². The standard InChI is InChI=1S/C12H15N3O2S2/c1-3-11-13-8-12(14-11)19(16,17)15-9-4-6-10(18-2)7-5-9/h4-8,15H,3H2,1-2H3,(H,13,14). The Bertz CT molecular complexity index is 648. The fourth-order valence-electron chi connectivity index (χ4n) is 1.53. The molecular formula is C12H15N3O2S2. The number of anilines is 1. The number of rotatable bonds is 5. The first-order valence-electron chi connectivity index (χ1n) is 5.76. The van der Waals surface area contributed by atoms with Crippen molar-refractivity contribution in [3.8, 4) is 0 Å². The van der Waals surface area contributed by atoms with Crippen LogP contribution in [0.1, 0.15) is 12.7 Å². The van der Waals surface area contributed by atoms with Crippen LogP contribution in [0.25, 0.3) is 0 Å². The van der Waals surface area contributed by atoms with Crippen molar-refractivity contribution >= 4 is 27.5 Å². The van der Waals surface area contributed by atoms with Crippen LogP contribution in [-0.4, -0.2) is 24.6 Å². The molecule has 0 saturated heterocycles. The monoisotopic (exact) mass is 297 g/mol. The van der Waals surface area contributed by atoms with Crippen molar-refractivity contribution in [2.75, 3.05) is 11.0 Å². The van der Waals surface area contributed by atoms with Gasteiger partial charge in [0.2, 0.25) is 0 Å². The third-order valence-corrected chi connectivity index (χ3v) is 4.61. The number of benzene rings is 1. The molecule has 0 aliphatic heterocycles. The third kappa shape index (κ3) is 3.30. The molecular weight excluding hydrogens is 282 g/mol. The molecule has 0 fully saturated rings. The molecule has 0 atom stereocenters. The zero-order valence-electron chi connectivity index (χ0n) is 10.7. The van der Waals surface area contributed by atoms with Crippen LogP contribution in [0.4, 0.5) is 5.69 Å². The lowest BCUT2D eigenvalue weighted by Gasteiger charge is -2.06. The molecule has 2 aromatic rings. The van der Waals surface area contributed by atoms with Gasteiger partial charge in [-0.15, -0.1) is 11.8 Å². The predicted molar refractivity (Wildman–Crippen MR) is 77.0 cm³/mol. The summed E-state index contributed by atoms with van der Waals surface area (Å²) in [6, 6.07) is 7.21. The summed E-state index contributed by atoms with van der Waals surface area (Å²) in [4.78, 5) is 7.85. The highest BCUT2D eigenvalue weighted by atomic mass is 32.2. The number of nitrogens with zero attached hydrogens (tertiary/aromatic N) is 1. The molecule has 1 heterocycles. The van der Waals surface area contributed by atoms with Crippen LogP contribution in [0, 0.1) is 0 Å². The molecule has 0 aliphatic rings. The minimum absolute atomic E-state index is 0.0818.